The molecule has 1 atom stereocenters. The molecule has 0 saturated heterocycles. The molecule has 1 unspecified atom stereocenters. The van der Waals surface area contributed by atoms with Crippen LogP contribution < -0.4 is 15.8 Å². The van der Waals surface area contributed by atoms with Gasteiger partial charge in [-0.3, -0.25) is 0 Å². The summed E-state index contributed by atoms with van der Waals surface area (Å²) in [6, 6.07) is 4.34. The van der Waals surface area contributed by atoms with Crippen LogP contribution in [0.2, 0.25) is 0 Å². The summed E-state index contributed by atoms with van der Waals surface area (Å²) in [7, 11) is 1.73. The van der Waals surface area contributed by atoms with Crippen molar-refractivity contribution in [1.82, 2.24) is 5.32 Å². The molecule has 0 spiro atoms. The highest BCUT2D eigenvalue weighted by atomic mass is 16.5. The summed E-state index contributed by atoms with van der Waals surface area (Å²) in [4.78, 5) is 0. The molecule has 0 aliphatic rings. The monoisotopic (exact) mass is 250 g/mol. The van der Waals surface area contributed by atoms with Crippen molar-refractivity contribution in [2.45, 2.75) is 33.7 Å². The molecule has 18 heavy (non-hydrogen) atoms. The minimum atomic E-state index is 0.618. The zero-order chi connectivity index (χ0) is 13.5. The fourth-order valence-corrected chi connectivity index (χ4v) is 2.31. The summed E-state index contributed by atoms with van der Waals surface area (Å²) < 4.78 is 5.48. The van der Waals surface area contributed by atoms with Gasteiger partial charge in [-0.1, -0.05) is 24.6 Å². The van der Waals surface area contributed by atoms with E-state index in [-0.39, 0.29) is 0 Å². The highest BCUT2D eigenvalue weighted by Gasteiger charge is 2.08. The van der Waals surface area contributed by atoms with Crippen molar-refractivity contribution in [1.29, 1.82) is 0 Å². The fourth-order valence-electron chi connectivity index (χ4n) is 2.31. The number of methoxy groups -OCH3 is 1. The molecule has 3 nitrogen and oxygen atoms in total. The second kappa shape index (κ2) is 7.39. The van der Waals surface area contributed by atoms with E-state index in [9.17, 15) is 0 Å². The maximum absolute atomic E-state index is 5.55. The van der Waals surface area contributed by atoms with Crippen LogP contribution in [0.1, 0.15) is 30.0 Å². The Kier molecular flexibility index (Phi) is 6.16. The van der Waals surface area contributed by atoms with Gasteiger partial charge in [-0.05, 0) is 44.8 Å². The van der Waals surface area contributed by atoms with Gasteiger partial charge in [0.25, 0.3) is 0 Å². The fraction of sp³-hybridized carbons (Fsp3) is 0.600. The molecule has 3 N–H and O–H groups in total. The SMILES string of the molecule is COc1c(C)cc(C)cc1CNCC(C)CCN. The van der Waals surface area contributed by atoms with Gasteiger partial charge in [0.15, 0.2) is 0 Å². The number of rotatable bonds is 7. The van der Waals surface area contributed by atoms with Crippen molar-refractivity contribution in [3.8, 4) is 5.75 Å². The Balaban J connectivity index is 2.61. The van der Waals surface area contributed by atoms with Gasteiger partial charge in [0.05, 0.1) is 7.11 Å². The van der Waals surface area contributed by atoms with E-state index in [1.54, 1.807) is 7.11 Å². The first-order valence-corrected chi connectivity index (χ1v) is 6.63. The van der Waals surface area contributed by atoms with E-state index >= 15 is 0 Å². The number of nitrogens with two attached hydrogens (primary N) is 1. The van der Waals surface area contributed by atoms with Crippen molar-refractivity contribution < 1.29 is 4.74 Å². The lowest BCUT2D eigenvalue weighted by atomic mass is 10.0. The van der Waals surface area contributed by atoms with Crippen LogP contribution in [-0.2, 0) is 6.54 Å². The second-order valence-electron chi connectivity index (χ2n) is 5.09. The molecular weight excluding hydrogens is 224 g/mol. The Bertz CT molecular complexity index is 377. The maximum atomic E-state index is 5.55. The lowest BCUT2D eigenvalue weighted by Crippen LogP contribution is -2.22. The quantitative estimate of drug-likeness (QED) is 0.781. The smallest absolute Gasteiger partial charge is 0.126 e. The summed E-state index contributed by atoms with van der Waals surface area (Å²) in [6.45, 7) is 9.03. The Hall–Kier alpha value is -1.06. The Labute approximate surface area is 111 Å². The third kappa shape index (κ3) is 4.31. The normalized spacial score (nSPS) is 12.5. The third-order valence-corrected chi connectivity index (χ3v) is 3.17. The Morgan fingerprint density at radius 1 is 1.33 bits per heavy atom. The van der Waals surface area contributed by atoms with E-state index in [4.69, 9.17) is 10.5 Å². The molecule has 0 amide bonds. The molecule has 0 bridgehead atoms. The highest BCUT2D eigenvalue weighted by Crippen LogP contribution is 2.24. The standard InChI is InChI=1S/C15H26N2O/c1-11(5-6-16)9-17-10-14-8-12(2)7-13(3)15(14)18-4/h7-8,11,17H,5-6,9-10,16H2,1-4H3. The first-order chi connectivity index (χ1) is 8.58. The van der Waals surface area contributed by atoms with E-state index in [0.717, 1.165) is 31.8 Å². The summed E-state index contributed by atoms with van der Waals surface area (Å²) in [5.41, 5.74) is 9.26. The zero-order valence-electron chi connectivity index (χ0n) is 12.0. The average Bonchev–Trinajstić information content (AvgIpc) is 2.28. The topological polar surface area (TPSA) is 47.3 Å². The Morgan fingerprint density at radius 2 is 2.06 bits per heavy atom. The predicted molar refractivity (Wildman–Crippen MR) is 77.0 cm³/mol. The van der Waals surface area contributed by atoms with E-state index in [1.165, 1.54) is 16.7 Å². The zero-order valence-corrected chi connectivity index (χ0v) is 12.0. The van der Waals surface area contributed by atoms with Crippen LogP contribution in [0.3, 0.4) is 0 Å². The van der Waals surface area contributed by atoms with Crippen molar-refractivity contribution in [2.24, 2.45) is 11.7 Å². The van der Waals surface area contributed by atoms with Crippen LogP contribution >= 0.6 is 0 Å². The van der Waals surface area contributed by atoms with E-state index in [1.807, 2.05) is 0 Å². The van der Waals surface area contributed by atoms with Crippen LogP contribution in [-0.4, -0.2) is 20.2 Å². The van der Waals surface area contributed by atoms with Gasteiger partial charge < -0.3 is 15.8 Å². The molecule has 1 aromatic carbocycles. The lowest BCUT2D eigenvalue weighted by molar-refractivity contribution is 0.402. The maximum Gasteiger partial charge on any atom is 0.126 e. The van der Waals surface area contributed by atoms with Gasteiger partial charge >= 0.3 is 0 Å². The number of nitrogens with one attached hydrogen (secondary N) is 1. The van der Waals surface area contributed by atoms with Crippen LogP contribution in [0.4, 0.5) is 0 Å². The summed E-state index contributed by atoms with van der Waals surface area (Å²) in [5, 5.41) is 3.48. The number of ether oxygens (including phenoxy) is 1. The highest BCUT2D eigenvalue weighted by molar-refractivity contribution is 5.43. The molecule has 102 valence electrons. The second-order valence-corrected chi connectivity index (χ2v) is 5.09. The molecule has 0 radical (unpaired) electrons. The molecule has 0 fully saturated rings. The predicted octanol–water partition coefficient (Wildman–Crippen LogP) is 2.39. The molecule has 0 saturated carbocycles. The first kappa shape index (κ1) is 15.0. The van der Waals surface area contributed by atoms with Gasteiger partial charge in [0, 0.05) is 12.1 Å². The van der Waals surface area contributed by atoms with Crippen LogP contribution in [0.5, 0.6) is 5.75 Å². The molecule has 0 aliphatic heterocycles. The molecule has 0 aliphatic carbocycles. The Morgan fingerprint density at radius 3 is 2.67 bits per heavy atom. The molecule has 3 heteroatoms. The van der Waals surface area contributed by atoms with Crippen molar-refractivity contribution in [2.75, 3.05) is 20.2 Å². The van der Waals surface area contributed by atoms with Crippen LogP contribution in [0, 0.1) is 19.8 Å². The summed E-state index contributed by atoms with van der Waals surface area (Å²) >= 11 is 0. The minimum Gasteiger partial charge on any atom is -0.496 e. The molecule has 1 rings (SSSR count). The molecule has 0 aromatic heterocycles. The summed E-state index contributed by atoms with van der Waals surface area (Å²) in [6.07, 6.45) is 1.07. The van der Waals surface area contributed by atoms with E-state index < -0.39 is 0 Å². The minimum absolute atomic E-state index is 0.618. The van der Waals surface area contributed by atoms with Gasteiger partial charge in [-0.15, -0.1) is 0 Å². The number of benzene rings is 1. The van der Waals surface area contributed by atoms with Crippen LogP contribution in [0.25, 0.3) is 0 Å². The average molecular weight is 250 g/mol. The summed E-state index contributed by atoms with van der Waals surface area (Å²) in [5.74, 6) is 1.62. The van der Waals surface area contributed by atoms with Crippen molar-refractivity contribution in [3.05, 3.63) is 28.8 Å². The number of hydrogen-bond donors (Lipinski definition) is 2. The lowest BCUT2D eigenvalue weighted by Gasteiger charge is -2.15. The van der Waals surface area contributed by atoms with Gasteiger partial charge in [0.1, 0.15) is 5.75 Å². The van der Waals surface area contributed by atoms with Gasteiger partial charge in [-0.2, -0.15) is 0 Å². The molecule has 1 aromatic rings. The van der Waals surface area contributed by atoms with E-state index in [0.29, 0.717) is 5.92 Å². The van der Waals surface area contributed by atoms with Crippen molar-refractivity contribution in [3.63, 3.8) is 0 Å². The number of hydrogen-bond acceptors (Lipinski definition) is 3. The molecular formula is C15H26N2O. The third-order valence-electron chi connectivity index (χ3n) is 3.17. The van der Waals surface area contributed by atoms with E-state index in [2.05, 4.69) is 38.2 Å². The largest absolute Gasteiger partial charge is 0.496 e. The molecule has 0 heterocycles. The van der Waals surface area contributed by atoms with Crippen LogP contribution in [0.15, 0.2) is 12.1 Å². The van der Waals surface area contributed by atoms with Crippen molar-refractivity contribution >= 4 is 0 Å². The van der Waals surface area contributed by atoms with Gasteiger partial charge in [-0.25, -0.2) is 0 Å². The number of aryl methyl sites for hydroxylation is 2. The first-order valence-electron chi connectivity index (χ1n) is 6.63. The van der Waals surface area contributed by atoms with Gasteiger partial charge in [0.2, 0.25) is 0 Å².